The summed E-state index contributed by atoms with van der Waals surface area (Å²) in [5.41, 5.74) is -1.04. The summed E-state index contributed by atoms with van der Waals surface area (Å²) in [5, 5.41) is 9.36. The van der Waals surface area contributed by atoms with Crippen LogP contribution in [0.3, 0.4) is 0 Å². The largest absolute Gasteiger partial charge is 0.480 e. The molecule has 0 aromatic rings. The van der Waals surface area contributed by atoms with Crippen molar-refractivity contribution in [2.45, 2.75) is 38.1 Å². The summed E-state index contributed by atoms with van der Waals surface area (Å²) < 4.78 is 0. The van der Waals surface area contributed by atoms with E-state index in [9.17, 15) is 14.7 Å². The summed E-state index contributed by atoms with van der Waals surface area (Å²) in [6.07, 6.45) is 3.77. The van der Waals surface area contributed by atoms with Crippen molar-refractivity contribution in [2.75, 3.05) is 39.8 Å². The smallest absolute Gasteiger partial charge is 0.329 e. The molecule has 1 atom stereocenters. The van der Waals surface area contributed by atoms with Crippen LogP contribution in [0.1, 0.15) is 32.6 Å². The Morgan fingerprint density at radius 2 is 1.85 bits per heavy atom. The molecule has 1 N–H and O–H groups in total. The Bertz CT molecular complexity index is 382. The monoisotopic (exact) mass is 283 g/mol. The fourth-order valence-electron chi connectivity index (χ4n) is 3.09. The Kier molecular flexibility index (Phi) is 4.52. The number of likely N-dealkylation sites (tertiary alicyclic amines) is 2. The molecule has 0 bridgehead atoms. The van der Waals surface area contributed by atoms with Crippen molar-refractivity contribution in [3.05, 3.63) is 0 Å². The van der Waals surface area contributed by atoms with Crippen molar-refractivity contribution in [1.82, 2.24) is 14.7 Å². The molecule has 2 fully saturated rings. The molecule has 1 unspecified atom stereocenters. The molecule has 2 heterocycles. The Balaban J connectivity index is 1.90. The quantitative estimate of drug-likeness (QED) is 0.838. The molecule has 6 heteroatoms. The fourth-order valence-corrected chi connectivity index (χ4v) is 3.09. The third-order valence-corrected chi connectivity index (χ3v) is 4.61. The van der Waals surface area contributed by atoms with Gasteiger partial charge >= 0.3 is 12.0 Å². The lowest BCUT2D eigenvalue weighted by molar-refractivity contribution is -0.147. The van der Waals surface area contributed by atoms with Gasteiger partial charge in [-0.25, -0.2) is 9.59 Å². The summed E-state index contributed by atoms with van der Waals surface area (Å²) in [7, 11) is 1.76. The average Bonchev–Trinajstić information content (AvgIpc) is 3.05. The lowest BCUT2D eigenvalue weighted by atomic mass is 10.00. The molecule has 20 heavy (non-hydrogen) atoms. The predicted molar refractivity (Wildman–Crippen MR) is 75.7 cm³/mol. The molecule has 0 aromatic carbocycles. The van der Waals surface area contributed by atoms with Crippen LogP contribution >= 0.6 is 0 Å². The average molecular weight is 283 g/mol. The highest BCUT2D eigenvalue weighted by atomic mass is 16.4. The molecule has 2 amide bonds. The zero-order valence-electron chi connectivity index (χ0n) is 12.5. The first-order valence-electron chi connectivity index (χ1n) is 7.43. The minimum atomic E-state index is -1.04. The highest BCUT2D eigenvalue weighted by molar-refractivity contribution is 5.86. The van der Waals surface area contributed by atoms with Crippen molar-refractivity contribution < 1.29 is 14.7 Å². The van der Waals surface area contributed by atoms with Crippen LogP contribution in [-0.4, -0.2) is 77.1 Å². The van der Waals surface area contributed by atoms with E-state index in [1.54, 1.807) is 18.9 Å². The second-order valence-electron chi connectivity index (χ2n) is 6.09. The Morgan fingerprint density at radius 1 is 1.20 bits per heavy atom. The SMILES string of the molecule is CN(CCN1CCCC1)C(=O)N1CCCC1(C)C(=O)O. The summed E-state index contributed by atoms with van der Waals surface area (Å²) in [4.78, 5) is 29.4. The van der Waals surface area contributed by atoms with Gasteiger partial charge in [0.25, 0.3) is 0 Å². The van der Waals surface area contributed by atoms with E-state index in [-0.39, 0.29) is 6.03 Å². The van der Waals surface area contributed by atoms with E-state index in [1.165, 1.54) is 17.7 Å². The number of rotatable bonds is 4. The van der Waals surface area contributed by atoms with Gasteiger partial charge in [0.15, 0.2) is 0 Å². The van der Waals surface area contributed by atoms with Crippen molar-refractivity contribution >= 4 is 12.0 Å². The molecular formula is C14H25N3O3. The van der Waals surface area contributed by atoms with E-state index >= 15 is 0 Å². The van der Waals surface area contributed by atoms with Crippen molar-refractivity contribution in [1.29, 1.82) is 0 Å². The van der Waals surface area contributed by atoms with E-state index in [2.05, 4.69) is 4.90 Å². The lowest BCUT2D eigenvalue weighted by Gasteiger charge is -2.34. The molecular weight excluding hydrogens is 258 g/mol. The van der Waals surface area contributed by atoms with Crippen molar-refractivity contribution in [3.8, 4) is 0 Å². The zero-order chi connectivity index (χ0) is 14.8. The van der Waals surface area contributed by atoms with Crippen LogP contribution in [0.4, 0.5) is 4.79 Å². The van der Waals surface area contributed by atoms with Crippen LogP contribution in [0.15, 0.2) is 0 Å². The molecule has 0 spiro atoms. The van der Waals surface area contributed by atoms with Gasteiger partial charge in [0.1, 0.15) is 5.54 Å². The number of aliphatic carboxylic acids is 1. The zero-order valence-corrected chi connectivity index (χ0v) is 12.5. The molecule has 0 aliphatic carbocycles. The van der Waals surface area contributed by atoms with Gasteiger partial charge in [0, 0.05) is 26.7 Å². The third-order valence-electron chi connectivity index (χ3n) is 4.61. The predicted octanol–water partition coefficient (Wildman–Crippen LogP) is 1.07. The van der Waals surface area contributed by atoms with Crippen molar-refractivity contribution in [3.63, 3.8) is 0 Å². The second-order valence-corrected chi connectivity index (χ2v) is 6.09. The number of carboxylic acid groups (broad SMARTS) is 1. The van der Waals surface area contributed by atoms with Crippen LogP contribution in [0.25, 0.3) is 0 Å². The Hall–Kier alpha value is -1.30. The van der Waals surface area contributed by atoms with Crippen LogP contribution in [0.5, 0.6) is 0 Å². The topological polar surface area (TPSA) is 64.1 Å². The number of carboxylic acids is 1. The first kappa shape index (κ1) is 15.1. The first-order valence-corrected chi connectivity index (χ1v) is 7.43. The molecule has 6 nitrogen and oxygen atoms in total. The van der Waals surface area contributed by atoms with Crippen molar-refractivity contribution in [2.24, 2.45) is 0 Å². The van der Waals surface area contributed by atoms with Gasteiger partial charge in [-0.3, -0.25) is 0 Å². The van der Waals surface area contributed by atoms with Gasteiger partial charge in [-0.15, -0.1) is 0 Å². The van der Waals surface area contributed by atoms with Gasteiger partial charge in [-0.2, -0.15) is 0 Å². The Morgan fingerprint density at radius 3 is 2.45 bits per heavy atom. The maximum absolute atomic E-state index is 12.4. The van der Waals surface area contributed by atoms with Gasteiger partial charge in [0.2, 0.25) is 0 Å². The fraction of sp³-hybridized carbons (Fsp3) is 0.857. The maximum Gasteiger partial charge on any atom is 0.329 e. The molecule has 2 aliphatic rings. The number of urea groups is 1. The molecule has 0 radical (unpaired) electrons. The summed E-state index contributed by atoms with van der Waals surface area (Å²) >= 11 is 0. The van der Waals surface area contributed by atoms with Gasteiger partial charge in [-0.05, 0) is 45.7 Å². The van der Waals surface area contributed by atoms with Gasteiger partial charge in [0.05, 0.1) is 0 Å². The second kappa shape index (κ2) is 5.99. The summed E-state index contributed by atoms with van der Waals surface area (Å²) in [5.74, 6) is -0.906. The summed E-state index contributed by atoms with van der Waals surface area (Å²) in [6.45, 7) is 5.94. The maximum atomic E-state index is 12.4. The number of nitrogens with zero attached hydrogens (tertiary/aromatic N) is 3. The number of amides is 2. The molecule has 2 rings (SSSR count). The standard InChI is InChI=1S/C14H25N3O3/c1-14(12(18)19)6-5-9-17(14)13(20)15(2)10-11-16-7-3-4-8-16/h3-11H2,1-2H3,(H,18,19). The molecule has 2 aliphatic heterocycles. The van der Waals surface area contributed by atoms with E-state index in [0.717, 1.165) is 26.1 Å². The normalized spacial score (nSPS) is 27.0. The molecule has 0 aromatic heterocycles. The number of hydrogen-bond acceptors (Lipinski definition) is 3. The van der Waals surface area contributed by atoms with Crippen LogP contribution < -0.4 is 0 Å². The number of hydrogen-bond donors (Lipinski definition) is 1. The van der Waals surface area contributed by atoms with Crippen LogP contribution in [0.2, 0.25) is 0 Å². The first-order chi connectivity index (χ1) is 9.45. The van der Waals surface area contributed by atoms with Crippen LogP contribution in [0, 0.1) is 0 Å². The van der Waals surface area contributed by atoms with Gasteiger partial charge < -0.3 is 19.8 Å². The third kappa shape index (κ3) is 2.90. The van der Waals surface area contributed by atoms with E-state index in [1.807, 2.05) is 0 Å². The molecule has 0 saturated carbocycles. The molecule has 114 valence electrons. The van der Waals surface area contributed by atoms with Crippen LogP contribution in [-0.2, 0) is 4.79 Å². The van der Waals surface area contributed by atoms with E-state index < -0.39 is 11.5 Å². The van der Waals surface area contributed by atoms with E-state index in [4.69, 9.17) is 0 Å². The number of likely N-dealkylation sites (N-methyl/N-ethyl adjacent to an activating group) is 1. The van der Waals surface area contributed by atoms with E-state index in [0.29, 0.717) is 19.5 Å². The number of carbonyl (C=O) groups excluding carboxylic acids is 1. The molecule has 2 saturated heterocycles. The highest BCUT2D eigenvalue weighted by Gasteiger charge is 2.46. The highest BCUT2D eigenvalue weighted by Crippen LogP contribution is 2.30. The van der Waals surface area contributed by atoms with Gasteiger partial charge in [-0.1, -0.05) is 0 Å². The minimum absolute atomic E-state index is 0.161. The number of carbonyl (C=O) groups is 2. The minimum Gasteiger partial charge on any atom is -0.480 e. The Labute approximate surface area is 120 Å². The summed E-state index contributed by atoms with van der Waals surface area (Å²) in [6, 6.07) is -0.161. The lowest BCUT2D eigenvalue weighted by Crippen LogP contribution is -2.55.